The SMILES string of the molecule is CNS(=O)(=O)CCNC(=O)C1(CN)CCC(C)CC1. The number of rotatable bonds is 6. The van der Waals surface area contributed by atoms with Crippen molar-refractivity contribution in [3.63, 3.8) is 0 Å². The average molecular weight is 291 g/mol. The van der Waals surface area contributed by atoms with Crippen molar-refractivity contribution >= 4 is 15.9 Å². The predicted molar refractivity (Wildman–Crippen MR) is 75.0 cm³/mol. The summed E-state index contributed by atoms with van der Waals surface area (Å²) in [5.41, 5.74) is 5.27. The van der Waals surface area contributed by atoms with Crippen LogP contribution in [0, 0.1) is 11.3 Å². The third kappa shape index (κ3) is 4.43. The lowest BCUT2D eigenvalue weighted by Crippen LogP contribution is -2.49. The fourth-order valence-corrected chi connectivity index (χ4v) is 3.00. The summed E-state index contributed by atoms with van der Waals surface area (Å²) >= 11 is 0. The van der Waals surface area contributed by atoms with Gasteiger partial charge in [0.25, 0.3) is 0 Å². The van der Waals surface area contributed by atoms with E-state index in [1.54, 1.807) is 0 Å². The molecule has 112 valence electrons. The number of amides is 1. The first-order chi connectivity index (χ1) is 8.85. The summed E-state index contributed by atoms with van der Waals surface area (Å²) in [4.78, 5) is 12.2. The molecule has 1 amide bonds. The van der Waals surface area contributed by atoms with E-state index in [2.05, 4.69) is 17.0 Å². The zero-order valence-corrected chi connectivity index (χ0v) is 12.6. The van der Waals surface area contributed by atoms with Gasteiger partial charge in [0.2, 0.25) is 15.9 Å². The number of nitrogens with one attached hydrogen (secondary N) is 2. The third-order valence-electron chi connectivity index (χ3n) is 4.07. The van der Waals surface area contributed by atoms with Crippen LogP contribution in [0.15, 0.2) is 0 Å². The van der Waals surface area contributed by atoms with Crippen LogP contribution in [0.25, 0.3) is 0 Å². The van der Waals surface area contributed by atoms with Crippen LogP contribution in [0.5, 0.6) is 0 Å². The number of nitrogens with two attached hydrogens (primary N) is 1. The lowest BCUT2D eigenvalue weighted by molar-refractivity contribution is -0.132. The van der Waals surface area contributed by atoms with Crippen LogP contribution >= 0.6 is 0 Å². The zero-order chi connectivity index (χ0) is 14.5. The quantitative estimate of drug-likeness (QED) is 0.631. The molecule has 1 saturated carbocycles. The van der Waals surface area contributed by atoms with Gasteiger partial charge in [0.05, 0.1) is 11.2 Å². The number of hydrogen-bond donors (Lipinski definition) is 3. The third-order valence-corrected chi connectivity index (χ3v) is 5.43. The van der Waals surface area contributed by atoms with Crippen LogP contribution in [0.2, 0.25) is 0 Å². The molecule has 0 unspecified atom stereocenters. The molecule has 0 aromatic carbocycles. The Morgan fingerprint density at radius 2 is 1.95 bits per heavy atom. The summed E-state index contributed by atoms with van der Waals surface area (Å²) in [6.45, 7) is 2.63. The highest BCUT2D eigenvalue weighted by Gasteiger charge is 2.39. The van der Waals surface area contributed by atoms with Crippen LogP contribution in [0.4, 0.5) is 0 Å². The standard InChI is InChI=1S/C12H25N3O3S/c1-10-3-5-12(9-13,6-4-10)11(16)15-7-8-19(17,18)14-2/h10,14H,3-9,13H2,1-2H3,(H,15,16). The second-order valence-corrected chi connectivity index (χ2v) is 7.49. The van der Waals surface area contributed by atoms with E-state index in [1.165, 1.54) is 7.05 Å². The van der Waals surface area contributed by atoms with E-state index in [-0.39, 0.29) is 18.2 Å². The van der Waals surface area contributed by atoms with Crippen LogP contribution in [0.3, 0.4) is 0 Å². The van der Waals surface area contributed by atoms with E-state index in [0.717, 1.165) is 25.7 Å². The van der Waals surface area contributed by atoms with Crippen molar-refractivity contribution in [2.45, 2.75) is 32.6 Å². The van der Waals surface area contributed by atoms with Crippen molar-refractivity contribution in [2.24, 2.45) is 17.1 Å². The van der Waals surface area contributed by atoms with Crippen molar-refractivity contribution in [1.82, 2.24) is 10.0 Å². The predicted octanol–water partition coefficient (Wildman–Crippen LogP) is -0.193. The number of hydrogen-bond acceptors (Lipinski definition) is 4. The molecule has 0 atom stereocenters. The van der Waals surface area contributed by atoms with E-state index in [0.29, 0.717) is 12.5 Å². The summed E-state index contributed by atoms with van der Waals surface area (Å²) < 4.78 is 24.7. The maximum atomic E-state index is 12.2. The molecule has 1 aliphatic rings. The second-order valence-electron chi connectivity index (χ2n) is 5.45. The van der Waals surface area contributed by atoms with Crippen molar-refractivity contribution in [1.29, 1.82) is 0 Å². The number of carbonyl (C=O) groups excluding carboxylic acids is 1. The molecule has 0 radical (unpaired) electrons. The minimum atomic E-state index is -3.28. The molecule has 0 spiro atoms. The van der Waals surface area contributed by atoms with Crippen molar-refractivity contribution in [2.75, 3.05) is 25.9 Å². The summed E-state index contributed by atoms with van der Waals surface area (Å²) in [6.07, 6.45) is 3.57. The Morgan fingerprint density at radius 1 is 1.37 bits per heavy atom. The number of sulfonamides is 1. The van der Waals surface area contributed by atoms with Crippen molar-refractivity contribution in [3.05, 3.63) is 0 Å². The van der Waals surface area contributed by atoms with Crippen molar-refractivity contribution in [3.8, 4) is 0 Å². The average Bonchev–Trinajstić information content (AvgIpc) is 2.39. The Labute approximate surface area is 115 Å². The monoisotopic (exact) mass is 291 g/mol. The Balaban J connectivity index is 2.51. The molecule has 1 rings (SSSR count). The highest BCUT2D eigenvalue weighted by molar-refractivity contribution is 7.89. The first-order valence-corrected chi connectivity index (χ1v) is 8.40. The molecule has 0 saturated heterocycles. The number of carbonyl (C=O) groups is 1. The largest absolute Gasteiger partial charge is 0.355 e. The molecule has 0 aromatic rings. The molecule has 1 fully saturated rings. The molecule has 7 heteroatoms. The minimum Gasteiger partial charge on any atom is -0.355 e. The topological polar surface area (TPSA) is 101 Å². The normalized spacial score (nSPS) is 28.1. The molecule has 0 aliphatic heterocycles. The lowest BCUT2D eigenvalue weighted by atomic mass is 9.70. The van der Waals surface area contributed by atoms with E-state index in [9.17, 15) is 13.2 Å². The van der Waals surface area contributed by atoms with Crippen LogP contribution in [0.1, 0.15) is 32.6 Å². The van der Waals surface area contributed by atoms with Gasteiger partial charge in [-0.3, -0.25) is 4.79 Å². The van der Waals surface area contributed by atoms with Gasteiger partial charge in [-0.25, -0.2) is 13.1 Å². The van der Waals surface area contributed by atoms with Gasteiger partial charge < -0.3 is 11.1 Å². The summed E-state index contributed by atoms with van der Waals surface area (Å²) in [7, 11) is -1.91. The summed E-state index contributed by atoms with van der Waals surface area (Å²) in [6, 6.07) is 0. The van der Waals surface area contributed by atoms with Crippen LogP contribution < -0.4 is 15.8 Å². The molecule has 0 aromatic heterocycles. The molecule has 0 heterocycles. The maximum absolute atomic E-state index is 12.2. The summed E-state index contributed by atoms with van der Waals surface area (Å²) in [5.74, 6) is 0.428. The zero-order valence-electron chi connectivity index (χ0n) is 11.7. The summed E-state index contributed by atoms with van der Waals surface area (Å²) in [5, 5.41) is 2.71. The highest BCUT2D eigenvalue weighted by atomic mass is 32.2. The van der Waals surface area contributed by atoms with Crippen LogP contribution in [-0.4, -0.2) is 40.2 Å². The lowest BCUT2D eigenvalue weighted by Gasteiger charge is -2.37. The smallest absolute Gasteiger partial charge is 0.227 e. The fourth-order valence-electron chi connectivity index (χ4n) is 2.43. The Hall–Kier alpha value is -0.660. The van der Waals surface area contributed by atoms with Crippen molar-refractivity contribution < 1.29 is 13.2 Å². The van der Waals surface area contributed by atoms with E-state index >= 15 is 0 Å². The van der Waals surface area contributed by atoms with E-state index < -0.39 is 15.4 Å². The van der Waals surface area contributed by atoms with Gasteiger partial charge in [-0.15, -0.1) is 0 Å². The van der Waals surface area contributed by atoms with Crippen LogP contribution in [-0.2, 0) is 14.8 Å². The fraction of sp³-hybridized carbons (Fsp3) is 0.917. The van der Waals surface area contributed by atoms with Gasteiger partial charge in [0.15, 0.2) is 0 Å². The highest BCUT2D eigenvalue weighted by Crippen LogP contribution is 2.38. The Bertz CT molecular complexity index is 400. The molecule has 1 aliphatic carbocycles. The molecular formula is C12H25N3O3S. The second kappa shape index (κ2) is 6.67. The Morgan fingerprint density at radius 3 is 2.42 bits per heavy atom. The molecule has 6 nitrogen and oxygen atoms in total. The van der Waals surface area contributed by atoms with Gasteiger partial charge in [0.1, 0.15) is 0 Å². The Kier molecular flexibility index (Phi) is 5.76. The van der Waals surface area contributed by atoms with E-state index in [4.69, 9.17) is 5.73 Å². The molecule has 4 N–H and O–H groups in total. The van der Waals surface area contributed by atoms with Gasteiger partial charge in [-0.1, -0.05) is 6.92 Å². The van der Waals surface area contributed by atoms with Gasteiger partial charge >= 0.3 is 0 Å². The molecule has 0 bridgehead atoms. The first kappa shape index (κ1) is 16.4. The van der Waals surface area contributed by atoms with Gasteiger partial charge in [0, 0.05) is 13.1 Å². The molecular weight excluding hydrogens is 266 g/mol. The van der Waals surface area contributed by atoms with Gasteiger partial charge in [-0.2, -0.15) is 0 Å². The first-order valence-electron chi connectivity index (χ1n) is 6.75. The molecule has 19 heavy (non-hydrogen) atoms. The minimum absolute atomic E-state index is 0.104. The van der Waals surface area contributed by atoms with Gasteiger partial charge in [-0.05, 0) is 38.6 Å². The maximum Gasteiger partial charge on any atom is 0.227 e. The van der Waals surface area contributed by atoms with E-state index in [1.807, 2.05) is 0 Å².